The third kappa shape index (κ3) is 1.85. The molecule has 1 atom stereocenters. The lowest BCUT2D eigenvalue weighted by atomic mass is 9.97. The minimum absolute atomic E-state index is 0.428. The molecule has 0 spiro atoms. The Hall–Kier alpha value is -1.82. The maximum atomic E-state index is 10.7. The van der Waals surface area contributed by atoms with Crippen LogP contribution in [0.2, 0.25) is 0 Å². The van der Waals surface area contributed by atoms with Crippen LogP contribution < -0.4 is 0 Å². The van der Waals surface area contributed by atoms with Crippen LogP contribution in [0.15, 0.2) is 24.3 Å². The number of carboxylic acid groups (broad SMARTS) is 1. The van der Waals surface area contributed by atoms with Crippen LogP contribution in [0.1, 0.15) is 24.0 Å². The summed E-state index contributed by atoms with van der Waals surface area (Å²) in [4.78, 5) is 10.7. The van der Waals surface area contributed by atoms with E-state index >= 15 is 0 Å². The van der Waals surface area contributed by atoms with Crippen molar-refractivity contribution >= 4 is 5.97 Å². The molecular weight excluding hydrogens is 166 g/mol. The average molecular weight is 175 g/mol. The van der Waals surface area contributed by atoms with Gasteiger partial charge in [-0.3, -0.25) is 4.79 Å². The number of aliphatic carboxylic acids is 1. The number of nitriles is 1. The summed E-state index contributed by atoms with van der Waals surface area (Å²) in [6.45, 7) is 1.57. The highest BCUT2D eigenvalue weighted by molar-refractivity contribution is 5.76. The van der Waals surface area contributed by atoms with Crippen LogP contribution in [0.3, 0.4) is 0 Å². The number of carboxylic acids is 1. The maximum Gasteiger partial charge on any atom is 0.310 e. The Morgan fingerprint density at radius 2 is 2.15 bits per heavy atom. The Morgan fingerprint density at radius 3 is 2.69 bits per heavy atom. The molecule has 0 aliphatic carbocycles. The largest absolute Gasteiger partial charge is 0.481 e. The lowest BCUT2D eigenvalue weighted by molar-refractivity contribution is -0.138. The topological polar surface area (TPSA) is 61.1 Å². The molecule has 66 valence electrons. The summed E-state index contributed by atoms with van der Waals surface area (Å²) in [5.74, 6) is -1.54. The zero-order valence-electron chi connectivity index (χ0n) is 7.19. The third-order valence-electron chi connectivity index (χ3n) is 1.92. The molecule has 0 amide bonds. The molecule has 1 aromatic rings. The molecule has 13 heavy (non-hydrogen) atoms. The predicted molar refractivity (Wildman–Crippen MR) is 47.2 cm³/mol. The maximum absolute atomic E-state index is 10.7. The molecule has 1 rings (SSSR count). The van der Waals surface area contributed by atoms with Crippen LogP contribution in [-0.4, -0.2) is 11.1 Å². The van der Waals surface area contributed by atoms with Crippen molar-refractivity contribution in [3.05, 3.63) is 35.4 Å². The van der Waals surface area contributed by atoms with Gasteiger partial charge >= 0.3 is 5.97 Å². The molecule has 0 aromatic heterocycles. The van der Waals surface area contributed by atoms with E-state index in [1.54, 1.807) is 31.2 Å². The number of nitrogens with zero attached hydrogens (tertiary/aromatic N) is 1. The molecule has 0 aliphatic heterocycles. The van der Waals surface area contributed by atoms with Gasteiger partial charge in [-0.1, -0.05) is 18.2 Å². The van der Waals surface area contributed by atoms with E-state index in [0.29, 0.717) is 11.1 Å². The molecule has 0 aliphatic rings. The summed E-state index contributed by atoms with van der Waals surface area (Å²) in [6, 6.07) is 8.70. The van der Waals surface area contributed by atoms with Crippen LogP contribution in [0.4, 0.5) is 0 Å². The van der Waals surface area contributed by atoms with Crippen molar-refractivity contribution in [3.63, 3.8) is 0 Å². The summed E-state index contributed by atoms with van der Waals surface area (Å²) >= 11 is 0. The molecule has 1 N–H and O–H groups in total. The quantitative estimate of drug-likeness (QED) is 0.744. The number of benzene rings is 1. The number of hydrogen-bond acceptors (Lipinski definition) is 2. The van der Waals surface area contributed by atoms with Gasteiger partial charge < -0.3 is 5.11 Å². The number of hydrogen-bond donors (Lipinski definition) is 1. The van der Waals surface area contributed by atoms with Crippen LogP contribution in [-0.2, 0) is 4.79 Å². The lowest BCUT2D eigenvalue weighted by Crippen LogP contribution is -2.08. The molecule has 3 nitrogen and oxygen atoms in total. The van der Waals surface area contributed by atoms with Gasteiger partial charge in [0.05, 0.1) is 17.6 Å². The average Bonchev–Trinajstić information content (AvgIpc) is 2.16. The van der Waals surface area contributed by atoms with E-state index in [0.717, 1.165) is 0 Å². The molecule has 0 saturated carbocycles. The van der Waals surface area contributed by atoms with Gasteiger partial charge in [0, 0.05) is 0 Å². The Labute approximate surface area is 76.2 Å². The fourth-order valence-corrected chi connectivity index (χ4v) is 1.11. The van der Waals surface area contributed by atoms with Gasteiger partial charge in [-0.05, 0) is 18.6 Å². The van der Waals surface area contributed by atoms with Crippen molar-refractivity contribution in [2.24, 2.45) is 0 Å². The van der Waals surface area contributed by atoms with Crippen molar-refractivity contribution in [1.82, 2.24) is 0 Å². The van der Waals surface area contributed by atoms with Crippen molar-refractivity contribution in [2.45, 2.75) is 12.8 Å². The SMILES string of the molecule is CC(C(=O)O)c1ccccc1C#N. The Kier molecular flexibility index (Phi) is 2.65. The molecule has 0 fully saturated rings. The Balaban J connectivity index is 3.15. The fraction of sp³-hybridized carbons (Fsp3) is 0.200. The zero-order valence-corrected chi connectivity index (χ0v) is 7.19. The van der Waals surface area contributed by atoms with E-state index in [-0.39, 0.29) is 0 Å². The number of carbonyl (C=O) groups is 1. The highest BCUT2D eigenvalue weighted by Crippen LogP contribution is 2.18. The van der Waals surface area contributed by atoms with E-state index in [4.69, 9.17) is 10.4 Å². The van der Waals surface area contributed by atoms with Gasteiger partial charge in [0.1, 0.15) is 0 Å². The second kappa shape index (κ2) is 3.72. The summed E-state index contributed by atoms with van der Waals surface area (Å²) in [5.41, 5.74) is 0.995. The second-order valence-corrected chi connectivity index (χ2v) is 2.76. The van der Waals surface area contributed by atoms with Gasteiger partial charge in [0.25, 0.3) is 0 Å². The first kappa shape index (κ1) is 9.27. The zero-order chi connectivity index (χ0) is 9.84. The van der Waals surface area contributed by atoms with E-state index in [2.05, 4.69) is 0 Å². The van der Waals surface area contributed by atoms with Crippen LogP contribution in [0, 0.1) is 11.3 Å². The molecular formula is C10H9NO2. The highest BCUT2D eigenvalue weighted by Gasteiger charge is 2.16. The van der Waals surface area contributed by atoms with E-state index < -0.39 is 11.9 Å². The van der Waals surface area contributed by atoms with Crippen molar-refractivity contribution < 1.29 is 9.90 Å². The summed E-state index contributed by atoms with van der Waals surface area (Å²) < 4.78 is 0. The van der Waals surface area contributed by atoms with E-state index in [1.807, 2.05) is 6.07 Å². The molecule has 1 unspecified atom stereocenters. The lowest BCUT2D eigenvalue weighted by Gasteiger charge is -2.07. The molecule has 0 bridgehead atoms. The fourth-order valence-electron chi connectivity index (χ4n) is 1.11. The van der Waals surface area contributed by atoms with Gasteiger partial charge in [0.15, 0.2) is 0 Å². The normalized spacial score (nSPS) is 11.7. The summed E-state index contributed by atoms with van der Waals surface area (Å²) in [6.07, 6.45) is 0. The number of rotatable bonds is 2. The smallest absolute Gasteiger partial charge is 0.310 e. The standard InChI is InChI=1S/C10H9NO2/c1-7(10(12)13)9-5-3-2-4-8(9)6-11/h2-5,7H,1H3,(H,12,13). The first-order chi connectivity index (χ1) is 6.16. The van der Waals surface area contributed by atoms with E-state index in [9.17, 15) is 4.79 Å². The van der Waals surface area contributed by atoms with Crippen molar-refractivity contribution in [3.8, 4) is 6.07 Å². The second-order valence-electron chi connectivity index (χ2n) is 2.76. The first-order valence-corrected chi connectivity index (χ1v) is 3.88. The molecule has 0 heterocycles. The van der Waals surface area contributed by atoms with Crippen LogP contribution >= 0.6 is 0 Å². The van der Waals surface area contributed by atoms with Gasteiger partial charge in [0.2, 0.25) is 0 Å². The predicted octanol–water partition coefficient (Wildman–Crippen LogP) is 1.75. The molecule has 1 aromatic carbocycles. The molecule has 3 heteroatoms. The minimum atomic E-state index is -0.914. The molecule has 0 radical (unpaired) electrons. The Morgan fingerprint density at radius 1 is 1.54 bits per heavy atom. The monoisotopic (exact) mass is 175 g/mol. The Bertz CT molecular complexity index is 365. The summed E-state index contributed by atoms with van der Waals surface area (Å²) in [7, 11) is 0. The van der Waals surface area contributed by atoms with Crippen LogP contribution in [0.25, 0.3) is 0 Å². The highest BCUT2D eigenvalue weighted by atomic mass is 16.4. The van der Waals surface area contributed by atoms with Crippen molar-refractivity contribution in [1.29, 1.82) is 5.26 Å². The van der Waals surface area contributed by atoms with Crippen LogP contribution in [0.5, 0.6) is 0 Å². The first-order valence-electron chi connectivity index (χ1n) is 3.88. The van der Waals surface area contributed by atoms with E-state index in [1.165, 1.54) is 0 Å². The summed E-state index contributed by atoms with van der Waals surface area (Å²) in [5, 5.41) is 17.5. The minimum Gasteiger partial charge on any atom is -0.481 e. The van der Waals surface area contributed by atoms with Gasteiger partial charge in [-0.2, -0.15) is 5.26 Å². The third-order valence-corrected chi connectivity index (χ3v) is 1.92. The van der Waals surface area contributed by atoms with Crippen molar-refractivity contribution in [2.75, 3.05) is 0 Å². The van der Waals surface area contributed by atoms with Gasteiger partial charge in [-0.25, -0.2) is 0 Å². The molecule has 0 saturated heterocycles. The van der Waals surface area contributed by atoms with Gasteiger partial charge in [-0.15, -0.1) is 0 Å².